The molecule has 1 heterocycles. The lowest BCUT2D eigenvalue weighted by Gasteiger charge is -2.01. The Morgan fingerprint density at radius 2 is 2.29 bits per heavy atom. The summed E-state index contributed by atoms with van der Waals surface area (Å²) in [5.41, 5.74) is 0. The maximum Gasteiger partial charge on any atom is 0.0102 e. The van der Waals surface area contributed by atoms with Gasteiger partial charge in [-0.1, -0.05) is 0 Å². The molecule has 7 heavy (non-hydrogen) atoms. The quantitative estimate of drug-likeness (QED) is 0.470. The van der Waals surface area contributed by atoms with Crippen LogP contribution in [-0.4, -0.2) is 12.1 Å². The summed E-state index contributed by atoms with van der Waals surface area (Å²) in [6.45, 7) is 2.27. The maximum atomic E-state index is 3.49. The molecule has 2 rings (SSSR count). The lowest BCUT2D eigenvalue weighted by atomic mass is 10.2. The largest absolute Gasteiger partial charge is 0.311 e. The lowest BCUT2D eigenvalue weighted by molar-refractivity contribution is 0.584. The highest BCUT2D eigenvalue weighted by Crippen LogP contribution is 2.40. The van der Waals surface area contributed by atoms with Gasteiger partial charge in [-0.15, -0.1) is 0 Å². The Bertz CT molecular complexity index is 80.2. The van der Waals surface area contributed by atoms with Gasteiger partial charge in [-0.2, -0.15) is 0 Å². The molecule has 1 N–H and O–H groups in total. The summed E-state index contributed by atoms with van der Waals surface area (Å²) in [6.07, 6.45) is 2.90. The summed E-state index contributed by atoms with van der Waals surface area (Å²) >= 11 is 0. The SMILES string of the molecule is CC1CC2C[C@@H]2N1. The van der Waals surface area contributed by atoms with Gasteiger partial charge in [0.25, 0.3) is 0 Å². The van der Waals surface area contributed by atoms with Gasteiger partial charge in [0.1, 0.15) is 0 Å². The summed E-state index contributed by atoms with van der Waals surface area (Å²) in [7, 11) is 0. The Morgan fingerprint density at radius 1 is 1.43 bits per heavy atom. The average Bonchev–Trinajstić information content (AvgIpc) is 2.15. The smallest absolute Gasteiger partial charge is 0.0102 e. The van der Waals surface area contributed by atoms with E-state index in [1.54, 1.807) is 0 Å². The molecule has 0 aromatic heterocycles. The van der Waals surface area contributed by atoms with Crippen LogP contribution in [0, 0.1) is 5.92 Å². The molecule has 3 atom stereocenters. The molecule has 1 aliphatic carbocycles. The monoisotopic (exact) mass is 97.1 g/mol. The van der Waals surface area contributed by atoms with Crippen molar-refractivity contribution < 1.29 is 0 Å². The predicted octanol–water partition coefficient (Wildman–Crippen LogP) is 0.757. The molecule has 0 amide bonds. The van der Waals surface area contributed by atoms with Crippen molar-refractivity contribution in [3.05, 3.63) is 0 Å². The van der Waals surface area contributed by atoms with Gasteiger partial charge in [0.15, 0.2) is 0 Å². The minimum atomic E-state index is 0.823. The third kappa shape index (κ3) is 0.480. The Balaban J connectivity index is 2.02. The van der Waals surface area contributed by atoms with Crippen LogP contribution in [0.15, 0.2) is 0 Å². The van der Waals surface area contributed by atoms with Crippen molar-refractivity contribution in [2.75, 3.05) is 0 Å². The third-order valence-electron chi connectivity index (χ3n) is 2.08. The zero-order valence-electron chi connectivity index (χ0n) is 4.65. The fourth-order valence-corrected chi connectivity index (χ4v) is 1.60. The van der Waals surface area contributed by atoms with E-state index in [9.17, 15) is 0 Å². The van der Waals surface area contributed by atoms with E-state index in [4.69, 9.17) is 0 Å². The molecule has 2 fully saturated rings. The van der Waals surface area contributed by atoms with Crippen molar-refractivity contribution >= 4 is 0 Å². The zero-order valence-corrected chi connectivity index (χ0v) is 4.65. The fraction of sp³-hybridized carbons (Fsp3) is 1.00. The Labute approximate surface area is 44.1 Å². The molecule has 1 saturated carbocycles. The van der Waals surface area contributed by atoms with E-state index in [2.05, 4.69) is 12.2 Å². The molecule has 0 radical (unpaired) electrons. The number of hydrogen-bond acceptors (Lipinski definition) is 1. The molecular formula is C6H11N. The van der Waals surface area contributed by atoms with E-state index in [-0.39, 0.29) is 0 Å². The Kier molecular flexibility index (Phi) is 0.571. The van der Waals surface area contributed by atoms with E-state index < -0.39 is 0 Å². The fourth-order valence-electron chi connectivity index (χ4n) is 1.60. The normalized spacial score (nSPS) is 57.0. The topological polar surface area (TPSA) is 12.0 Å². The summed E-state index contributed by atoms with van der Waals surface area (Å²) in [5, 5.41) is 3.49. The van der Waals surface area contributed by atoms with E-state index in [0.717, 1.165) is 18.0 Å². The second-order valence-electron chi connectivity index (χ2n) is 2.91. The van der Waals surface area contributed by atoms with E-state index in [0.29, 0.717) is 0 Å². The second kappa shape index (κ2) is 1.03. The first-order valence-corrected chi connectivity index (χ1v) is 3.12. The van der Waals surface area contributed by atoms with Gasteiger partial charge in [0, 0.05) is 12.1 Å². The van der Waals surface area contributed by atoms with Crippen molar-refractivity contribution in [1.29, 1.82) is 0 Å². The molecule has 1 aliphatic heterocycles. The van der Waals surface area contributed by atoms with Gasteiger partial charge in [0.2, 0.25) is 0 Å². The predicted molar refractivity (Wildman–Crippen MR) is 29.1 cm³/mol. The maximum absolute atomic E-state index is 3.49. The van der Waals surface area contributed by atoms with Crippen LogP contribution in [0.5, 0.6) is 0 Å². The average molecular weight is 97.2 g/mol. The zero-order chi connectivity index (χ0) is 4.85. The summed E-state index contributed by atoms with van der Waals surface area (Å²) in [6, 6.07) is 1.76. The van der Waals surface area contributed by atoms with Gasteiger partial charge in [-0.25, -0.2) is 0 Å². The third-order valence-corrected chi connectivity index (χ3v) is 2.08. The highest BCUT2D eigenvalue weighted by Gasteiger charge is 2.43. The first kappa shape index (κ1) is 3.90. The van der Waals surface area contributed by atoms with E-state index in [1.807, 2.05) is 0 Å². The lowest BCUT2D eigenvalue weighted by Crippen LogP contribution is -2.21. The molecule has 1 nitrogen and oxygen atoms in total. The van der Waals surface area contributed by atoms with Crippen LogP contribution in [0.2, 0.25) is 0 Å². The van der Waals surface area contributed by atoms with Gasteiger partial charge >= 0.3 is 0 Å². The molecule has 2 unspecified atom stereocenters. The summed E-state index contributed by atoms with van der Waals surface area (Å²) < 4.78 is 0. The minimum absolute atomic E-state index is 0.823. The molecule has 0 bridgehead atoms. The number of nitrogens with one attached hydrogen (secondary N) is 1. The van der Waals surface area contributed by atoms with Crippen molar-refractivity contribution in [2.45, 2.75) is 31.8 Å². The van der Waals surface area contributed by atoms with Gasteiger partial charge in [-0.3, -0.25) is 0 Å². The Morgan fingerprint density at radius 3 is 2.57 bits per heavy atom. The number of hydrogen-bond donors (Lipinski definition) is 1. The molecular weight excluding hydrogens is 86.1 g/mol. The number of rotatable bonds is 0. The van der Waals surface area contributed by atoms with Gasteiger partial charge < -0.3 is 5.32 Å². The van der Waals surface area contributed by atoms with Crippen molar-refractivity contribution in [3.63, 3.8) is 0 Å². The van der Waals surface area contributed by atoms with Crippen LogP contribution >= 0.6 is 0 Å². The second-order valence-corrected chi connectivity index (χ2v) is 2.91. The van der Waals surface area contributed by atoms with Crippen LogP contribution in [0.1, 0.15) is 19.8 Å². The molecule has 1 saturated heterocycles. The number of fused-ring (bicyclic) bond motifs is 1. The minimum Gasteiger partial charge on any atom is -0.311 e. The molecule has 1 heteroatoms. The molecule has 0 aromatic rings. The van der Waals surface area contributed by atoms with Crippen LogP contribution in [-0.2, 0) is 0 Å². The highest BCUT2D eigenvalue weighted by atomic mass is 15.0. The standard InChI is InChI=1S/C6H11N/c1-4-2-5-3-6(5)7-4/h4-7H,2-3H2,1H3/t4?,5?,6-/m0/s1. The van der Waals surface area contributed by atoms with Crippen LogP contribution in [0.3, 0.4) is 0 Å². The van der Waals surface area contributed by atoms with Crippen LogP contribution in [0.25, 0.3) is 0 Å². The summed E-state index contributed by atoms with van der Waals surface area (Å²) in [4.78, 5) is 0. The first-order valence-electron chi connectivity index (χ1n) is 3.12. The highest BCUT2D eigenvalue weighted by molar-refractivity contribution is 5.01. The van der Waals surface area contributed by atoms with Crippen molar-refractivity contribution in [1.82, 2.24) is 5.32 Å². The van der Waals surface area contributed by atoms with E-state index in [1.165, 1.54) is 12.8 Å². The molecule has 2 aliphatic rings. The van der Waals surface area contributed by atoms with Crippen molar-refractivity contribution in [3.8, 4) is 0 Å². The molecule has 40 valence electrons. The molecule has 0 spiro atoms. The van der Waals surface area contributed by atoms with Crippen LogP contribution < -0.4 is 5.32 Å². The van der Waals surface area contributed by atoms with Gasteiger partial charge in [-0.05, 0) is 25.7 Å². The molecule has 0 aromatic carbocycles. The van der Waals surface area contributed by atoms with E-state index >= 15 is 0 Å². The van der Waals surface area contributed by atoms with Crippen LogP contribution in [0.4, 0.5) is 0 Å². The van der Waals surface area contributed by atoms with Crippen molar-refractivity contribution in [2.24, 2.45) is 5.92 Å². The first-order chi connectivity index (χ1) is 3.36. The number of piperidine rings is 1. The Hall–Kier alpha value is -0.0400. The van der Waals surface area contributed by atoms with Gasteiger partial charge in [0.05, 0.1) is 0 Å². The summed E-state index contributed by atoms with van der Waals surface area (Å²) in [5.74, 6) is 1.08.